The first-order chi connectivity index (χ1) is 17.6. The number of guanidine groups is 1. The van der Waals surface area contributed by atoms with E-state index in [4.69, 9.17) is 16.6 Å². The summed E-state index contributed by atoms with van der Waals surface area (Å²) < 4.78 is 0. The van der Waals surface area contributed by atoms with Crippen LogP contribution in [0.25, 0.3) is 20.9 Å². The van der Waals surface area contributed by atoms with Crippen molar-refractivity contribution in [2.45, 2.75) is 0 Å². The lowest BCUT2D eigenvalue weighted by molar-refractivity contribution is 0.380. The Morgan fingerprint density at radius 2 is 1.11 bits per heavy atom. The predicted octanol–water partition coefficient (Wildman–Crippen LogP) is 3.40. The molecule has 9 heteroatoms. The molecule has 0 atom stereocenters. The third-order valence-electron chi connectivity index (χ3n) is 6.76. The van der Waals surface area contributed by atoms with Crippen molar-refractivity contribution < 1.29 is 0 Å². The number of nitrogens with zero attached hydrogens (tertiary/aromatic N) is 4. The van der Waals surface area contributed by atoms with Crippen LogP contribution in [0.2, 0.25) is 0 Å². The molecule has 0 unspecified atom stereocenters. The molecule has 36 heavy (non-hydrogen) atoms. The zero-order valence-electron chi connectivity index (χ0n) is 20.9. The Labute approximate surface area is 217 Å². The minimum Gasteiger partial charge on any atom is -0.370 e. The molecule has 1 aromatic heterocycles. The van der Waals surface area contributed by atoms with Gasteiger partial charge in [-0.25, -0.2) is 0 Å². The van der Waals surface area contributed by atoms with E-state index in [0.29, 0.717) is 0 Å². The second-order valence-electron chi connectivity index (χ2n) is 8.77. The van der Waals surface area contributed by atoms with Gasteiger partial charge in [-0.15, -0.1) is 11.3 Å². The van der Waals surface area contributed by atoms with Gasteiger partial charge in [0.15, 0.2) is 5.96 Å². The molecule has 0 aliphatic carbocycles. The number of benzene rings is 2. The van der Waals surface area contributed by atoms with Crippen molar-refractivity contribution in [3.63, 3.8) is 0 Å². The summed E-state index contributed by atoms with van der Waals surface area (Å²) in [7, 11) is 1.50. The molecule has 2 aliphatic rings. The van der Waals surface area contributed by atoms with Gasteiger partial charge in [0.25, 0.3) is 0 Å². The normalized spacial score (nSPS) is 15.8. The molecule has 0 amide bonds. The van der Waals surface area contributed by atoms with E-state index in [9.17, 15) is 0 Å². The van der Waals surface area contributed by atoms with E-state index in [1.54, 1.807) is 0 Å². The van der Waals surface area contributed by atoms with Crippen LogP contribution >= 0.6 is 11.3 Å². The van der Waals surface area contributed by atoms with Crippen molar-refractivity contribution >= 4 is 35.0 Å². The largest absolute Gasteiger partial charge is 0.370 e. The number of thiophene rings is 1. The van der Waals surface area contributed by atoms with Crippen molar-refractivity contribution in [2.24, 2.45) is 11.5 Å². The summed E-state index contributed by atoms with van der Waals surface area (Å²) in [5.41, 5.74) is 15.1. The van der Waals surface area contributed by atoms with Crippen LogP contribution in [-0.4, -0.2) is 81.5 Å². The van der Waals surface area contributed by atoms with Crippen molar-refractivity contribution in [2.75, 3.05) is 69.2 Å². The van der Waals surface area contributed by atoms with Crippen LogP contribution in [0.15, 0.2) is 60.7 Å². The van der Waals surface area contributed by atoms with Gasteiger partial charge < -0.3 is 31.1 Å². The van der Waals surface area contributed by atoms with Gasteiger partial charge >= 0.3 is 0 Å². The van der Waals surface area contributed by atoms with Gasteiger partial charge in [-0.2, -0.15) is 0 Å². The molecule has 2 saturated heterocycles. The molecule has 0 saturated carbocycles. The molecule has 2 aromatic carbocycles. The van der Waals surface area contributed by atoms with E-state index >= 15 is 0 Å². The van der Waals surface area contributed by atoms with E-state index < -0.39 is 0 Å². The van der Waals surface area contributed by atoms with Crippen LogP contribution < -0.4 is 21.3 Å². The molecule has 2 fully saturated rings. The highest BCUT2D eigenvalue weighted by molar-refractivity contribution is 7.18. The molecule has 3 heterocycles. The maximum absolute atomic E-state index is 7.59. The van der Waals surface area contributed by atoms with E-state index in [-0.39, 0.29) is 5.96 Å². The molecule has 190 valence electrons. The highest BCUT2D eigenvalue weighted by Gasteiger charge is 2.18. The zero-order valence-corrected chi connectivity index (χ0v) is 21.7. The van der Waals surface area contributed by atoms with Crippen molar-refractivity contribution in [1.82, 2.24) is 9.80 Å². The Hall–Kier alpha value is -3.56. The molecular formula is C27H36N8S. The first-order valence-corrected chi connectivity index (χ1v) is 13.1. The van der Waals surface area contributed by atoms with E-state index in [1.807, 2.05) is 16.2 Å². The molecule has 6 N–H and O–H groups in total. The Balaban J connectivity index is 0.00000148. The van der Waals surface area contributed by atoms with Crippen molar-refractivity contribution in [1.29, 1.82) is 10.8 Å². The van der Waals surface area contributed by atoms with Gasteiger partial charge in [0, 0.05) is 73.5 Å². The van der Waals surface area contributed by atoms with Crippen LogP contribution in [0, 0.1) is 10.8 Å². The van der Waals surface area contributed by atoms with E-state index in [0.717, 1.165) is 52.4 Å². The van der Waals surface area contributed by atoms with Gasteiger partial charge in [-0.05, 0) is 54.6 Å². The minimum absolute atomic E-state index is 0.167. The molecule has 3 aromatic rings. The number of anilines is 2. The van der Waals surface area contributed by atoms with Gasteiger partial charge in [0.05, 0.1) is 6.34 Å². The maximum atomic E-state index is 7.59. The maximum Gasteiger partial charge on any atom is 0.188 e. The third kappa shape index (κ3) is 5.80. The summed E-state index contributed by atoms with van der Waals surface area (Å²) in [4.78, 5) is 11.3. The Kier molecular flexibility index (Phi) is 8.45. The Bertz CT molecular complexity index is 1130. The van der Waals surface area contributed by atoms with Crippen LogP contribution in [0.1, 0.15) is 0 Å². The standard InChI is InChI=1S/C26H31N7S.CH5N/c27-19-30-11-13-31(14-12-30)22-5-1-20(2-6-22)24-9-10-25(34-24)21-3-7-23(8-4-21)32-15-17-33(18-16-32)26(28)29;1-2/h1-10,19,27H,11-18H2,(H3,28,29);2H2,1H3. The fourth-order valence-corrected chi connectivity index (χ4v) is 5.65. The highest BCUT2D eigenvalue weighted by Crippen LogP contribution is 2.36. The monoisotopic (exact) mass is 504 g/mol. The quantitative estimate of drug-likeness (QED) is 0.313. The molecular weight excluding hydrogens is 468 g/mol. The molecule has 8 nitrogen and oxygen atoms in total. The SMILES string of the molecule is CN.N=CN1CCN(c2ccc(-c3ccc(-c4ccc(N5CCN(C(=N)N)CC5)cc4)s3)cc2)CC1. The Morgan fingerprint density at radius 3 is 1.50 bits per heavy atom. The fraction of sp³-hybridized carbons (Fsp3) is 0.333. The number of nitrogens with one attached hydrogen (secondary N) is 2. The fourth-order valence-electron chi connectivity index (χ4n) is 4.64. The topological polar surface area (TPSA) is 113 Å². The zero-order chi connectivity index (χ0) is 25.5. The van der Waals surface area contributed by atoms with Crippen LogP contribution in [0.5, 0.6) is 0 Å². The summed E-state index contributed by atoms with van der Waals surface area (Å²) in [6.45, 7) is 7.10. The molecule has 5 rings (SSSR count). The summed E-state index contributed by atoms with van der Waals surface area (Å²) in [5.74, 6) is 0.167. The highest BCUT2D eigenvalue weighted by atomic mass is 32.1. The van der Waals surface area contributed by atoms with Crippen LogP contribution in [0.4, 0.5) is 11.4 Å². The number of hydrogen-bond acceptors (Lipinski definition) is 6. The summed E-state index contributed by atoms with van der Waals surface area (Å²) in [6.07, 6.45) is 1.44. The number of nitrogens with two attached hydrogens (primary N) is 2. The van der Waals surface area contributed by atoms with Crippen LogP contribution in [-0.2, 0) is 0 Å². The number of piperazine rings is 2. The lowest BCUT2D eigenvalue weighted by atomic mass is 10.1. The van der Waals surface area contributed by atoms with Gasteiger partial charge in [0.2, 0.25) is 0 Å². The first-order valence-electron chi connectivity index (χ1n) is 12.3. The minimum atomic E-state index is 0.167. The lowest BCUT2D eigenvalue weighted by Crippen LogP contribution is -2.50. The molecule has 0 radical (unpaired) electrons. The molecule has 2 aliphatic heterocycles. The summed E-state index contributed by atoms with van der Waals surface area (Å²) in [6, 6.07) is 22.1. The smallest absolute Gasteiger partial charge is 0.188 e. The van der Waals surface area contributed by atoms with Crippen LogP contribution in [0.3, 0.4) is 0 Å². The second-order valence-corrected chi connectivity index (χ2v) is 9.85. The predicted molar refractivity (Wildman–Crippen MR) is 154 cm³/mol. The van der Waals surface area contributed by atoms with E-state index in [2.05, 4.69) is 81.1 Å². The van der Waals surface area contributed by atoms with Crippen molar-refractivity contribution in [3.05, 3.63) is 60.7 Å². The van der Waals surface area contributed by atoms with Gasteiger partial charge in [-0.3, -0.25) is 10.8 Å². The average molecular weight is 505 g/mol. The molecule has 0 spiro atoms. The van der Waals surface area contributed by atoms with E-state index in [1.165, 1.54) is 45.6 Å². The average Bonchev–Trinajstić information content (AvgIpc) is 3.45. The number of hydrogen-bond donors (Lipinski definition) is 4. The Morgan fingerprint density at radius 1 is 0.694 bits per heavy atom. The summed E-state index contributed by atoms with van der Waals surface area (Å²) >= 11 is 1.83. The molecule has 0 bridgehead atoms. The summed E-state index contributed by atoms with van der Waals surface area (Å²) in [5, 5.41) is 15.0. The van der Waals surface area contributed by atoms with Gasteiger partial charge in [-0.1, -0.05) is 24.3 Å². The van der Waals surface area contributed by atoms with Crippen molar-refractivity contribution in [3.8, 4) is 20.9 Å². The lowest BCUT2D eigenvalue weighted by Gasteiger charge is -2.36. The third-order valence-corrected chi connectivity index (χ3v) is 7.94. The first kappa shape index (κ1) is 25.5. The second kappa shape index (κ2) is 11.9. The number of rotatable bonds is 5. The van der Waals surface area contributed by atoms with Gasteiger partial charge in [0.1, 0.15) is 0 Å².